The average molecular weight is 264 g/mol. The minimum Gasteiger partial charge on any atom is -0.465 e. The van der Waals surface area contributed by atoms with Crippen molar-refractivity contribution in [2.75, 3.05) is 18.5 Å². The summed E-state index contributed by atoms with van der Waals surface area (Å²) in [6, 6.07) is 8.80. The predicted octanol–water partition coefficient (Wildman–Crippen LogP) is 0.694. The molecule has 19 heavy (non-hydrogen) atoms. The minimum atomic E-state index is -0.528. The van der Waals surface area contributed by atoms with Gasteiger partial charge < -0.3 is 15.4 Å². The highest BCUT2D eigenvalue weighted by molar-refractivity contribution is 6.04. The summed E-state index contributed by atoms with van der Waals surface area (Å²) in [6.07, 6.45) is -0.339. The van der Waals surface area contributed by atoms with E-state index in [1.165, 1.54) is 0 Å². The lowest BCUT2D eigenvalue weighted by Gasteiger charge is -2.06. The van der Waals surface area contributed by atoms with Crippen molar-refractivity contribution < 1.29 is 19.1 Å². The maximum atomic E-state index is 11.5. The van der Waals surface area contributed by atoms with Gasteiger partial charge in [-0.2, -0.15) is 0 Å². The van der Waals surface area contributed by atoms with Crippen LogP contribution in [0.4, 0.5) is 5.69 Å². The van der Waals surface area contributed by atoms with Gasteiger partial charge in [0.15, 0.2) is 0 Å². The largest absolute Gasteiger partial charge is 0.465 e. The molecule has 6 heteroatoms. The van der Waals surface area contributed by atoms with Crippen molar-refractivity contribution >= 4 is 23.5 Å². The van der Waals surface area contributed by atoms with E-state index in [4.69, 9.17) is 0 Å². The summed E-state index contributed by atoms with van der Waals surface area (Å²) in [5, 5.41) is 4.88. The third-order valence-electron chi connectivity index (χ3n) is 2.11. The molecular weight excluding hydrogens is 248 g/mol. The molecule has 2 N–H and O–H groups in total. The zero-order valence-corrected chi connectivity index (χ0v) is 10.6. The number of hydrogen-bond donors (Lipinski definition) is 2. The molecule has 0 radical (unpaired) electrons. The number of carbonyl (C=O) groups excluding carboxylic acids is 3. The van der Waals surface area contributed by atoms with Crippen LogP contribution in [0.3, 0.4) is 0 Å². The highest BCUT2D eigenvalue weighted by Gasteiger charge is 2.11. The van der Waals surface area contributed by atoms with Crippen LogP contribution in [0.1, 0.15) is 13.3 Å². The number of nitrogens with one attached hydrogen (secondary N) is 2. The van der Waals surface area contributed by atoms with Crippen molar-refractivity contribution in [2.24, 2.45) is 0 Å². The molecule has 0 aliphatic rings. The number of carbonyl (C=O) groups is 3. The van der Waals surface area contributed by atoms with E-state index in [1.807, 2.05) is 6.07 Å². The molecule has 0 bridgehead atoms. The Hall–Kier alpha value is -2.37. The van der Waals surface area contributed by atoms with Crippen LogP contribution in [-0.4, -0.2) is 30.9 Å². The normalized spacial score (nSPS) is 9.53. The molecule has 1 rings (SSSR count). The van der Waals surface area contributed by atoms with Gasteiger partial charge in [-0.05, 0) is 19.1 Å². The van der Waals surface area contributed by atoms with Crippen molar-refractivity contribution in [3.63, 3.8) is 0 Å². The first kappa shape index (κ1) is 14.7. The molecule has 1 aromatic rings. The molecule has 0 heterocycles. The highest BCUT2D eigenvalue weighted by Crippen LogP contribution is 2.05. The van der Waals surface area contributed by atoms with Gasteiger partial charge in [0.1, 0.15) is 13.0 Å². The Kier molecular flexibility index (Phi) is 6.08. The molecule has 0 aliphatic heterocycles. The maximum Gasteiger partial charge on any atom is 0.325 e. The van der Waals surface area contributed by atoms with Crippen LogP contribution in [0, 0.1) is 0 Å². The molecule has 0 unspecified atom stereocenters. The summed E-state index contributed by atoms with van der Waals surface area (Å²) in [5.74, 6) is -1.49. The number of para-hydroxylation sites is 1. The van der Waals surface area contributed by atoms with Crippen molar-refractivity contribution in [1.82, 2.24) is 5.32 Å². The van der Waals surface area contributed by atoms with Gasteiger partial charge in [0, 0.05) is 5.69 Å². The molecule has 0 aromatic heterocycles. The summed E-state index contributed by atoms with van der Waals surface area (Å²) in [5.41, 5.74) is 0.616. The first-order valence-corrected chi connectivity index (χ1v) is 5.89. The number of ether oxygens (including phenoxy) is 1. The Labute approximate surface area is 111 Å². The molecule has 0 spiro atoms. The molecule has 6 nitrogen and oxygen atoms in total. The fraction of sp³-hybridized carbons (Fsp3) is 0.308. The Balaban J connectivity index is 2.28. The van der Waals surface area contributed by atoms with E-state index >= 15 is 0 Å². The second-order valence-corrected chi connectivity index (χ2v) is 3.67. The van der Waals surface area contributed by atoms with E-state index in [9.17, 15) is 14.4 Å². The van der Waals surface area contributed by atoms with Gasteiger partial charge in [0.2, 0.25) is 11.8 Å². The first-order valence-electron chi connectivity index (χ1n) is 5.89. The van der Waals surface area contributed by atoms with Crippen LogP contribution in [0.15, 0.2) is 30.3 Å². The maximum absolute atomic E-state index is 11.5. The van der Waals surface area contributed by atoms with E-state index in [1.54, 1.807) is 31.2 Å². The Morgan fingerprint density at radius 2 is 1.79 bits per heavy atom. The lowest BCUT2D eigenvalue weighted by atomic mass is 10.3. The predicted molar refractivity (Wildman–Crippen MR) is 69.3 cm³/mol. The molecule has 0 saturated heterocycles. The molecule has 0 saturated carbocycles. The molecule has 0 aliphatic carbocycles. The molecular formula is C13H16N2O4. The third-order valence-corrected chi connectivity index (χ3v) is 2.11. The average Bonchev–Trinajstić information content (AvgIpc) is 2.38. The van der Waals surface area contributed by atoms with E-state index in [-0.39, 0.29) is 19.6 Å². The van der Waals surface area contributed by atoms with Gasteiger partial charge in [-0.1, -0.05) is 18.2 Å². The van der Waals surface area contributed by atoms with Gasteiger partial charge >= 0.3 is 5.97 Å². The van der Waals surface area contributed by atoms with E-state index < -0.39 is 17.8 Å². The zero-order chi connectivity index (χ0) is 14.1. The second kappa shape index (κ2) is 7.86. The van der Waals surface area contributed by atoms with Gasteiger partial charge in [-0.15, -0.1) is 0 Å². The van der Waals surface area contributed by atoms with Gasteiger partial charge in [-0.3, -0.25) is 14.4 Å². The quantitative estimate of drug-likeness (QED) is 0.585. The van der Waals surface area contributed by atoms with E-state index in [2.05, 4.69) is 15.4 Å². The summed E-state index contributed by atoms with van der Waals surface area (Å²) >= 11 is 0. The van der Waals surface area contributed by atoms with E-state index in [0.29, 0.717) is 5.69 Å². The van der Waals surface area contributed by atoms with Crippen molar-refractivity contribution in [2.45, 2.75) is 13.3 Å². The van der Waals surface area contributed by atoms with E-state index in [0.717, 1.165) is 0 Å². The van der Waals surface area contributed by atoms with Crippen LogP contribution >= 0.6 is 0 Å². The number of rotatable bonds is 6. The Morgan fingerprint density at radius 3 is 2.42 bits per heavy atom. The van der Waals surface area contributed by atoms with Crippen molar-refractivity contribution in [3.8, 4) is 0 Å². The Morgan fingerprint density at radius 1 is 1.11 bits per heavy atom. The number of hydrogen-bond acceptors (Lipinski definition) is 4. The second-order valence-electron chi connectivity index (χ2n) is 3.67. The third kappa shape index (κ3) is 6.21. The summed E-state index contributed by atoms with van der Waals surface area (Å²) < 4.78 is 4.64. The monoisotopic (exact) mass is 264 g/mol. The van der Waals surface area contributed by atoms with Crippen LogP contribution in [-0.2, 0) is 19.1 Å². The van der Waals surface area contributed by atoms with Crippen molar-refractivity contribution in [3.05, 3.63) is 30.3 Å². The number of esters is 1. The molecule has 0 atom stereocenters. The lowest BCUT2D eigenvalue weighted by molar-refractivity contribution is -0.143. The van der Waals surface area contributed by atoms with Gasteiger partial charge in [0.05, 0.1) is 6.61 Å². The summed E-state index contributed by atoms with van der Waals surface area (Å²) in [7, 11) is 0. The van der Waals surface area contributed by atoms with Crippen LogP contribution in [0.5, 0.6) is 0 Å². The first-order chi connectivity index (χ1) is 9.11. The zero-order valence-electron chi connectivity index (χ0n) is 10.6. The standard InChI is InChI=1S/C13H16N2O4/c1-2-19-13(18)9-14-11(16)8-12(17)15-10-6-4-3-5-7-10/h3-7H,2,8-9H2,1H3,(H,14,16)(H,15,17). The smallest absolute Gasteiger partial charge is 0.325 e. The highest BCUT2D eigenvalue weighted by atomic mass is 16.5. The van der Waals surface area contributed by atoms with Crippen molar-refractivity contribution in [1.29, 1.82) is 0 Å². The lowest BCUT2D eigenvalue weighted by Crippen LogP contribution is -2.33. The summed E-state index contributed by atoms with van der Waals surface area (Å²) in [4.78, 5) is 33.9. The fourth-order valence-electron chi connectivity index (χ4n) is 1.32. The SMILES string of the molecule is CCOC(=O)CNC(=O)CC(=O)Nc1ccccc1. The minimum absolute atomic E-state index is 0.231. The topological polar surface area (TPSA) is 84.5 Å². The summed E-state index contributed by atoms with van der Waals surface area (Å²) in [6.45, 7) is 1.70. The number of amides is 2. The molecule has 2 amide bonds. The fourth-order valence-corrected chi connectivity index (χ4v) is 1.32. The molecule has 1 aromatic carbocycles. The Bertz CT molecular complexity index is 445. The van der Waals surface area contributed by atoms with Crippen LogP contribution in [0.25, 0.3) is 0 Å². The van der Waals surface area contributed by atoms with Crippen LogP contribution < -0.4 is 10.6 Å². The van der Waals surface area contributed by atoms with Crippen LogP contribution in [0.2, 0.25) is 0 Å². The molecule has 102 valence electrons. The van der Waals surface area contributed by atoms with Gasteiger partial charge in [-0.25, -0.2) is 0 Å². The number of benzene rings is 1. The molecule has 0 fully saturated rings. The number of anilines is 1. The van der Waals surface area contributed by atoms with Gasteiger partial charge in [0.25, 0.3) is 0 Å².